The highest BCUT2D eigenvalue weighted by Crippen LogP contribution is 2.46. The first-order valence-corrected chi connectivity index (χ1v) is 3.85. The van der Waals surface area contributed by atoms with E-state index in [1.807, 2.05) is 13.8 Å². The summed E-state index contributed by atoms with van der Waals surface area (Å²) in [6, 6.07) is 0. The second kappa shape index (κ2) is 2.81. The van der Waals surface area contributed by atoms with Gasteiger partial charge in [-0.15, -0.1) is 0 Å². The quantitative estimate of drug-likeness (QED) is 0.666. The minimum absolute atomic E-state index is 0.0486. The van der Waals surface area contributed by atoms with Gasteiger partial charge in [0.15, 0.2) is 0 Å². The maximum absolute atomic E-state index is 10.6. The number of methoxy groups -OCH3 is 1. The Kier molecular flexibility index (Phi) is 2.18. The third kappa shape index (κ3) is 1.38. The summed E-state index contributed by atoms with van der Waals surface area (Å²) >= 11 is 0. The number of carboxylic acid groups (broad SMARTS) is 1. The number of ether oxygens (including phenoxy) is 1. The Morgan fingerprint density at radius 1 is 1.55 bits per heavy atom. The molecular formula is C8H14O3. The third-order valence-electron chi connectivity index (χ3n) is 2.33. The molecule has 1 N–H and O–H groups in total. The van der Waals surface area contributed by atoms with E-state index in [1.54, 1.807) is 7.11 Å². The second-order valence-corrected chi connectivity index (χ2v) is 3.39. The Morgan fingerprint density at radius 3 is 2.18 bits per heavy atom. The van der Waals surface area contributed by atoms with Crippen LogP contribution in [0.15, 0.2) is 0 Å². The van der Waals surface area contributed by atoms with Gasteiger partial charge in [0.1, 0.15) is 0 Å². The first-order chi connectivity index (χ1) is 5.09. The highest BCUT2D eigenvalue weighted by molar-refractivity contribution is 5.75. The van der Waals surface area contributed by atoms with Gasteiger partial charge in [0.05, 0.1) is 12.0 Å². The van der Waals surface area contributed by atoms with Gasteiger partial charge < -0.3 is 9.84 Å². The summed E-state index contributed by atoms with van der Waals surface area (Å²) in [6.07, 6.45) is -0.0486. The predicted molar refractivity (Wildman–Crippen MR) is 40.3 cm³/mol. The summed E-state index contributed by atoms with van der Waals surface area (Å²) < 4.78 is 5.03. The Hall–Kier alpha value is -0.570. The van der Waals surface area contributed by atoms with Crippen LogP contribution in [0.25, 0.3) is 0 Å². The van der Waals surface area contributed by atoms with Crippen molar-refractivity contribution in [3.8, 4) is 0 Å². The van der Waals surface area contributed by atoms with Crippen LogP contribution in [0.1, 0.15) is 13.8 Å². The van der Waals surface area contributed by atoms with Gasteiger partial charge in [0.25, 0.3) is 0 Å². The molecule has 0 aromatic heterocycles. The van der Waals surface area contributed by atoms with Crippen molar-refractivity contribution in [2.24, 2.45) is 17.8 Å². The zero-order valence-corrected chi connectivity index (χ0v) is 7.07. The van der Waals surface area contributed by atoms with Gasteiger partial charge in [-0.1, -0.05) is 13.8 Å². The minimum Gasteiger partial charge on any atom is -0.481 e. The molecule has 11 heavy (non-hydrogen) atoms. The van der Waals surface area contributed by atoms with Gasteiger partial charge in [-0.2, -0.15) is 0 Å². The van der Waals surface area contributed by atoms with E-state index >= 15 is 0 Å². The number of carbonyl (C=O) groups is 1. The molecule has 3 heteroatoms. The molecule has 3 unspecified atom stereocenters. The molecule has 0 heterocycles. The van der Waals surface area contributed by atoms with Gasteiger partial charge >= 0.3 is 5.97 Å². The first kappa shape index (κ1) is 8.53. The number of hydrogen-bond acceptors (Lipinski definition) is 2. The zero-order chi connectivity index (χ0) is 8.59. The Morgan fingerprint density at radius 2 is 2.09 bits per heavy atom. The number of hydrogen-bond donors (Lipinski definition) is 1. The van der Waals surface area contributed by atoms with E-state index in [0.717, 1.165) is 0 Å². The molecule has 1 rings (SSSR count). The highest BCUT2D eigenvalue weighted by atomic mass is 16.5. The molecule has 0 aromatic rings. The van der Waals surface area contributed by atoms with Crippen LogP contribution in [0.4, 0.5) is 0 Å². The van der Waals surface area contributed by atoms with E-state index in [0.29, 0.717) is 5.92 Å². The molecule has 64 valence electrons. The largest absolute Gasteiger partial charge is 0.481 e. The molecule has 1 aliphatic carbocycles. The summed E-state index contributed by atoms with van der Waals surface area (Å²) in [5.74, 6) is -0.367. The molecule has 0 aromatic carbocycles. The van der Waals surface area contributed by atoms with Crippen LogP contribution in [-0.4, -0.2) is 24.3 Å². The number of carboxylic acids is 1. The second-order valence-electron chi connectivity index (χ2n) is 3.39. The number of aliphatic carboxylic acids is 1. The Labute approximate surface area is 66.4 Å². The number of rotatable bonds is 3. The molecule has 0 aliphatic heterocycles. The molecule has 0 spiro atoms. The van der Waals surface area contributed by atoms with Gasteiger partial charge in [-0.05, 0) is 5.92 Å². The average Bonchev–Trinajstić information content (AvgIpc) is 2.59. The highest BCUT2D eigenvalue weighted by Gasteiger charge is 2.56. The van der Waals surface area contributed by atoms with Crippen molar-refractivity contribution in [2.75, 3.05) is 7.11 Å². The SMILES string of the molecule is COC1C(C(=O)O)C1C(C)C. The van der Waals surface area contributed by atoms with Crippen molar-refractivity contribution >= 4 is 5.97 Å². The Balaban J connectivity index is 2.52. The standard InChI is InChI=1S/C8H14O3/c1-4(2)5-6(8(9)10)7(5)11-3/h4-7H,1-3H3,(H,9,10). The fraction of sp³-hybridized carbons (Fsp3) is 0.875. The summed E-state index contributed by atoms with van der Waals surface area (Å²) in [6.45, 7) is 4.05. The smallest absolute Gasteiger partial charge is 0.309 e. The van der Waals surface area contributed by atoms with Crippen LogP contribution < -0.4 is 0 Å². The lowest BCUT2D eigenvalue weighted by molar-refractivity contribution is -0.139. The van der Waals surface area contributed by atoms with Crippen LogP contribution in [0.2, 0.25) is 0 Å². The lowest BCUT2D eigenvalue weighted by Crippen LogP contribution is -2.03. The fourth-order valence-corrected chi connectivity index (χ4v) is 1.71. The zero-order valence-electron chi connectivity index (χ0n) is 7.07. The lowest BCUT2D eigenvalue weighted by Gasteiger charge is -1.99. The topological polar surface area (TPSA) is 46.5 Å². The van der Waals surface area contributed by atoms with Gasteiger partial charge in [0, 0.05) is 13.0 Å². The molecule has 0 saturated heterocycles. The monoisotopic (exact) mass is 158 g/mol. The molecule has 1 saturated carbocycles. The summed E-state index contributed by atoms with van der Waals surface area (Å²) in [5, 5.41) is 8.69. The third-order valence-corrected chi connectivity index (χ3v) is 2.33. The Bertz CT molecular complexity index is 165. The maximum atomic E-state index is 10.6. The lowest BCUT2D eigenvalue weighted by atomic mass is 10.1. The maximum Gasteiger partial charge on any atom is 0.309 e. The van der Waals surface area contributed by atoms with E-state index in [4.69, 9.17) is 9.84 Å². The van der Waals surface area contributed by atoms with Crippen molar-refractivity contribution in [3.63, 3.8) is 0 Å². The normalized spacial score (nSPS) is 35.8. The van der Waals surface area contributed by atoms with E-state index < -0.39 is 5.97 Å². The molecule has 3 nitrogen and oxygen atoms in total. The van der Waals surface area contributed by atoms with E-state index in [-0.39, 0.29) is 17.9 Å². The van der Waals surface area contributed by atoms with Crippen LogP contribution in [0, 0.1) is 17.8 Å². The average molecular weight is 158 g/mol. The van der Waals surface area contributed by atoms with Crippen LogP contribution in [0.3, 0.4) is 0 Å². The molecule has 0 amide bonds. The summed E-state index contributed by atoms with van der Waals surface area (Å²) in [5.41, 5.74) is 0. The molecule has 3 atom stereocenters. The molecule has 0 bridgehead atoms. The van der Waals surface area contributed by atoms with Crippen LogP contribution >= 0.6 is 0 Å². The van der Waals surface area contributed by atoms with Crippen molar-refractivity contribution in [2.45, 2.75) is 20.0 Å². The van der Waals surface area contributed by atoms with Crippen LogP contribution in [-0.2, 0) is 9.53 Å². The fourth-order valence-electron chi connectivity index (χ4n) is 1.71. The minimum atomic E-state index is -0.726. The molecular weight excluding hydrogens is 144 g/mol. The predicted octanol–water partition coefficient (Wildman–Crippen LogP) is 0.988. The summed E-state index contributed by atoms with van der Waals surface area (Å²) in [4.78, 5) is 10.6. The molecule has 1 aliphatic rings. The molecule has 0 radical (unpaired) electrons. The van der Waals surface area contributed by atoms with Gasteiger partial charge in [-0.25, -0.2) is 0 Å². The first-order valence-electron chi connectivity index (χ1n) is 3.85. The summed E-state index contributed by atoms with van der Waals surface area (Å²) in [7, 11) is 1.57. The van der Waals surface area contributed by atoms with Gasteiger partial charge in [-0.3, -0.25) is 4.79 Å². The van der Waals surface area contributed by atoms with E-state index in [9.17, 15) is 4.79 Å². The van der Waals surface area contributed by atoms with Gasteiger partial charge in [0.2, 0.25) is 0 Å². The van der Waals surface area contributed by atoms with Crippen LogP contribution in [0.5, 0.6) is 0 Å². The van der Waals surface area contributed by atoms with E-state index in [2.05, 4.69) is 0 Å². The molecule has 1 fully saturated rings. The van der Waals surface area contributed by atoms with E-state index in [1.165, 1.54) is 0 Å². The van der Waals surface area contributed by atoms with Crippen molar-refractivity contribution in [1.29, 1.82) is 0 Å². The van der Waals surface area contributed by atoms with Crippen molar-refractivity contribution in [1.82, 2.24) is 0 Å². The van der Waals surface area contributed by atoms with Crippen molar-refractivity contribution < 1.29 is 14.6 Å². The van der Waals surface area contributed by atoms with Crippen molar-refractivity contribution in [3.05, 3.63) is 0 Å².